The first-order valence-electron chi connectivity index (χ1n) is 10.6. The van der Waals surface area contributed by atoms with Crippen molar-refractivity contribution in [1.29, 1.82) is 0 Å². The zero-order valence-corrected chi connectivity index (χ0v) is 17.3. The Bertz CT molecular complexity index is 834. The molecule has 1 aliphatic rings. The van der Waals surface area contributed by atoms with E-state index in [4.69, 9.17) is 18.9 Å². The van der Waals surface area contributed by atoms with E-state index in [1.165, 1.54) is 0 Å². The minimum atomic E-state index is -1.22. The second-order valence-electron chi connectivity index (χ2n) is 7.56. The SMILES string of the molecule is [O]C1CC(OCc2ccccc2)C(OCc2ccccc2)C(OCc2ccccc2)O1. The Labute approximate surface area is 183 Å². The van der Waals surface area contributed by atoms with Gasteiger partial charge >= 0.3 is 0 Å². The van der Waals surface area contributed by atoms with Crippen LogP contribution in [0.1, 0.15) is 23.1 Å². The van der Waals surface area contributed by atoms with Crippen molar-refractivity contribution in [2.45, 2.75) is 51.0 Å². The van der Waals surface area contributed by atoms with Crippen LogP contribution < -0.4 is 0 Å². The quantitative estimate of drug-likeness (QED) is 0.496. The maximum absolute atomic E-state index is 12.4. The van der Waals surface area contributed by atoms with Gasteiger partial charge < -0.3 is 18.9 Å². The van der Waals surface area contributed by atoms with Crippen LogP contribution in [0, 0.1) is 0 Å². The minimum Gasteiger partial charge on any atom is -0.370 e. The average Bonchev–Trinajstić information content (AvgIpc) is 2.82. The van der Waals surface area contributed by atoms with Crippen molar-refractivity contribution >= 4 is 0 Å². The molecule has 4 rings (SSSR count). The van der Waals surface area contributed by atoms with Crippen molar-refractivity contribution in [3.8, 4) is 0 Å². The van der Waals surface area contributed by atoms with Gasteiger partial charge in [0.05, 0.1) is 25.9 Å². The monoisotopic (exact) mass is 419 g/mol. The molecule has 3 aromatic rings. The first-order chi connectivity index (χ1) is 15.3. The molecule has 0 spiro atoms. The number of ether oxygens (including phenoxy) is 4. The highest BCUT2D eigenvalue weighted by Crippen LogP contribution is 2.28. The summed E-state index contributed by atoms with van der Waals surface area (Å²) in [6, 6.07) is 29.6. The van der Waals surface area contributed by atoms with Gasteiger partial charge in [0.15, 0.2) is 12.6 Å². The zero-order valence-electron chi connectivity index (χ0n) is 17.3. The fourth-order valence-electron chi connectivity index (χ4n) is 3.56. The smallest absolute Gasteiger partial charge is 0.197 e. The Balaban J connectivity index is 1.46. The Hall–Kier alpha value is -2.54. The molecule has 0 aliphatic carbocycles. The summed E-state index contributed by atoms with van der Waals surface area (Å²) in [7, 11) is 0. The Morgan fingerprint density at radius 2 is 1.10 bits per heavy atom. The average molecular weight is 419 g/mol. The van der Waals surface area contributed by atoms with E-state index in [-0.39, 0.29) is 6.42 Å². The van der Waals surface area contributed by atoms with Gasteiger partial charge in [-0.25, -0.2) is 5.11 Å². The molecule has 161 valence electrons. The van der Waals surface area contributed by atoms with Crippen LogP contribution in [0.5, 0.6) is 0 Å². The van der Waals surface area contributed by atoms with Crippen LogP contribution in [0.4, 0.5) is 0 Å². The first kappa shape index (κ1) is 21.7. The van der Waals surface area contributed by atoms with Crippen molar-refractivity contribution in [1.82, 2.24) is 0 Å². The second-order valence-corrected chi connectivity index (χ2v) is 7.56. The summed E-state index contributed by atoms with van der Waals surface area (Å²) in [4.78, 5) is 0. The highest BCUT2D eigenvalue weighted by atomic mass is 16.7. The third-order valence-electron chi connectivity index (χ3n) is 5.19. The first-order valence-corrected chi connectivity index (χ1v) is 10.6. The van der Waals surface area contributed by atoms with Gasteiger partial charge in [-0.15, -0.1) is 0 Å². The summed E-state index contributed by atoms with van der Waals surface area (Å²) in [5.74, 6) is 0. The van der Waals surface area contributed by atoms with E-state index in [1.54, 1.807) is 0 Å². The Morgan fingerprint density at radius 3 is 1.61 bits per heavy atom. The number of hydrogen-bond donors (Lipinski definition) is 0. The predicted octanol–water partition coefficient (Wildman–Crippen LogP) is 4.88. The lowest BCUT2D eigenvalue weighted by Crippen LogP contribution is -2.51. The van der Waals surface area contributed by atoms with Crippen molar-refractivity contribution in [2.24, 2.45) is 0 Å². The van der Waals surface area contributed by atoms with Crippen molar-refractivity contribution < 1.29 is 24.1 Å². The lowest BCUT2D eigenvalue weighted by Gasteiger charge is -2.39. The van der Waals surface area contributed by atoms with E-state index in [9.17, 15) is 5.11 Å². The maximum atomic E-state index is 12.4. The third-order valence-corrected chi connectivity index (χ3v) is 5.19. The molecular weight excluding hydrogens is 392 g/mol. The lowest BCUT2D eigenvalue weighted by atomic mass is 10.1. The minimum absolute atomic E-state index is 0.206. The number of benzene rings is 3. The van der Waals surface area contributed by atoms with Crippen LogP contribution in [0.15, 0.2) is 91.0 Å². The molecule has 31 heavy (non-hydrogen) atoms. The number of rotatable bonds is 9. The summed E-state index contributed by atoms with van der Waals surface area (Å²) in [5.41, 5.74) is 3.08. The molecule has 0 saturated carbocycles. The molecule has 0 amide bonds. The second kappa shape index (κ2) is 11.2. The fourth-order valence-corrected chi connectivity index (χ4v) is 3.56. The fraction of sp³-hybridized carbons (Fsp3) is 0.308. The van der Waals surface area contributed by atoms with E-state index in [0.717, 1.165) is 16.7 Å². The van der Waals surface area contributed by atoms with Crippen LogP contribution in [-0.4, -0.2) is 24.8 Å². The van der Waals surface area contributed by atoms with E-state index in [2.05, 4.69) is 0 Å². The van der Waals surface area contributed by atoms with Crippen LogP contribution in [0.2, 0.25) is 0 Å². The van der Waals surface area contributed by atoms with Gasteiger partial charge in [0.25, 0.3) is 0 Å². The highest BCUT2D eigenvalue weighted by Gasteiger charge is 2.41. The molecule has 0 N–H and O–H groups in total. The van der Waals surface area contributed by atoms with Gasteiger partial charge in [-0.3, -0.25) is 0 Å². The van der Waals surface area contributed by atoms with Gasteiger partial charge in [0, 0.05) is 6.42 Å². The van der Waals surface area contributed by atoms with Crippen LogP contribution in [0.3, 0.4) is 0 Å². The van der Waals surface area contributed by atoms with Gasteiger partial charge in [-0.05, 0) is 16.7 Å². The van der Waals surface area contributed by atoms with E-state index in [0.29, 0.717) is 19.8 Å². The van der Waals surface area contributed by atoms with Gasteiger partial charge in [-0.2, -0.15) is 0 Å². The predicted molar refractivity (Wildman–Crippen MR) is 115 cm³/mol. The van der Waals surface area contributed by atoms with Crippen LogP contribution in [0.25, 0.3) is 0 Å². The standard InChI is InChI=1S/C26H27O5/c27-24-16-23(28-17-20-10-4-1-5-11-20)25(29-18-21-12-6-2-7-13-21)26(31-24)30-19-22-14-8-3-9-15-22/h1-15,23-26H,16-19H2. The molecule has 1 aliphatic heterocycles. The van der Waals surface area contributed by atoms with Gasteiger partial charge in [0.2, 0.25) is 0 Å². The molecule has 5 heteroatoms. The van der Waals surface area contributed by atoms with E-state index < -0.39 is 24.8 Å². The Kier molecular flexibility index (Phi) is 7.82. The molecule has 4 atom stereocenters. The van der Waals surface area contributed by atoms with Crippen LogP contribution in [-0.2, 0) is 43.9 Å². The molecule has 0 bridgehead atoms. The van der Waals surface area contributed by atoms with Crippen molar-refractivity contribution in [3.05, 3.63) is 108 Å². The molecule has 1 heterocycles. The molecule has 5 nitrogen and oxygen atoms in total. The normalized spacial score (nSPS) is 23.5. The molecule has 4 unspecified atom stereocenters. The van der Waals surface area contributed by atoms with Crippen molar-refractivity contribution in [2.75, 3.05) is 0 Å². The van der Waals surface area contributed by atoms with Gasteiger partial charge in [0.1, 0.15) is 6.10 Å². The largest absolute Gasteiger partial charge is 0.370 e. The highest BCUT2D eigenvalue weighted by molar-refractivity contribution is 5.15. The summed E-state index contributed by atoms with van der Waals surface area (Å²) >= 11 is 0. The summed E-state index contributed by atoms with van der Waals surface area (Å²) in [6.07, 6.45) is -2.77. The van der Waals surface area contributed by atoms with Gasteiger partial charge in [-0.1, -0.05) is 91.0 Å². The molecule has 1 saturated heterocycles. The van der Waals surface area contributed by atoms with Crippen molar-refractivity contribution in [3.63, 3.8) is 0 Å². The topological polar surface area (TPSA) is 56.8 Å². The Morgan fingerprint density at radius 1 is 0.645 bits per heavy atom. The maximum Gasteiger partial charge on any atom is 0.197 e. The summed E-state index contributed by atoms with van der Waals surface area (Å²) in [6.45, 7) is 1.11. The molecule has 1 fully saturated rings. The number of hydrogen-bond acceptors (Lipinski definition) is 4. The molecule has 1 radical (unpaired) electrons. The zero-order chi connectivity index (χ0) is 21.3. The summed E-state index contributed by atoms with van der Waals surface area (Å²) in [5, 5.41) is 12.4. The molecule has 3 aromatic carbocycles. The van der Waals surface area contributed by atoms with E-state index in [1.807, 2.05) is 91.0 Å². The van der Waals surface area contributed by atoms with E-state index >= 15 is 0 Å². The third kappa shape index (κ3) is 6.47. The lowest BCUT2D eigenvalue weighted by molar-refractivity contribution is -0.337. The van der Waals surface area contributed by atoms with Crippen LogP contribution >= 0.6 is 0 Å². The molecule has 0 aromatic heterocycles. The molecular formula is C26H27O5. The summed E-state index contributed by atoms with van der Waals surface area (Å²) < 4.78 is 23.9.